The van der Waals surface area contributed by atoms with Gasteiger partial charge >= 0.3 is 0 Å². The average molecular weight is 410 g/mol. The van der Waals surface area contributed by atoms with Crippen LogP contribution in [-0.2, 0) is 0 Å². The number of aryl methyl sites for hydroxylation is 1. The molecule has 1 atom stereocenters. The van der Waals surface area contributed by atoms with Gasteiger partial charge in [0.05, 0.1) is 6.04 Å². The second-order valence-corrected chi connectivity index (χ2v) is 7.30. The lowest BCUT2D eigenvalue weighted by Crippen LogP contribution is -2.17. The minimum atomic E-state index is 0.146. The molecule has 1 nitrogen and oxygen atoms in total. The second kappa shape index (κ2) is 6.06. The van der Waals surface area contributed by atoms with Crippen LogP contribution in [0.15, 0.2) is 33.2 Å². The molecule has 0 aliphatic heterocycles. The third kappa shape index (κ3) is 2.83. The zero-order valence-corrected chi connectivity index (χ0v) is 14.7. The molecule has 2 rings (SSSR count). The molecule has 18 heavy (non-hydrogen) atoms. The molecule has 0 amide bonds. The summed E-state index contributed by atoms with van der Waals surface area (Å²) >= 11 is 14.8. The third-order valence-corrected chi connectivity index (χ3v) is 6.39. The van der Waals surface area contributed by atoms with Gasteiger partial charge in [0.2, 0.25) is 0 Å². The molecule has 96 valence electrons. The summed E-state index contributed by atoms with van der Waals surface area (Å²) in [6.45, 7) is 2.09. The van der Waals surface area contributed by atoms with E-state index in [-0.39, 0.29) is 6.04 Å². The van der Waals surface area contributed by atoms with Gasteiger partial charge in [-0.1, -0.05) is 45.7 Å². The number of rotatable bonds is 3. The number of nitrogens with one attached hydrogen (secondary N) is 1. The molecule has 1 heterocycles. The van der Waals surface area contributed by atoms with E-state index in [9.17, 15) is 0 Å². The van der Waals surface area contributed by atoms with E-state index in [2.05, 4.69) is 68.4 Å². The highest BCUT2D eigenvalue weighted by Crippen LogP contribution is 2.39. The van der Waals surface area contributed by atoms with E-state index < -0.39 is 0 Å². The van der Waals surface area contributed by atoms with Crippen molar-refractivity contribution in [3.63, 3.8) is 0 Å². The summed E-state index contributed by atoms with van der Waals surface area (Å²) in [5.74, 6) is 0. The van der Waals surface area contributed by atoms with Gasteiger partial charge < -0.3 is 5.32 Å². The first-order valence-electron chi connectivity index (χ1n) is 5.41. The van der Waals surface area contributed by atoms with Gasteiger partial charge in [-0.25, -0.2) is 0 Å². The van der Waals surface area contributed by atoms with Crippen LogP contribution in [0.2, 0.25) is 4.34 Å². The molecule has 0 aliphatic rings. The maximum Gasteiger partial charge on any atom is 0.107 e. The highest BCUT2D eigenvalue weighted by Gasteiger charge is 2.19. The summed E-state index contributed by atoms with van der Waals surface area (Å²) in [6.07, 6.45) is 0. The summed E-state index contributed by atoms with van der Waals surface area (Å²) in [5, 5.41) is 3.34. The van der Waals surface area contributed by atoms with Crippen LogP contribution in [0.3, 0.4) is 0 Å². The smallest absolute Gasteiger partial charge is 0.107 e. The molecule has 0 saturated carbocycles. The second-order valence-electron chi connectivity index (χ2n) is 3.97. The van der Waals surface area contributed by atoms with E-state index in [0.29, 0.717) is 0 Å². The van der Waals surface area contributed by atoms with Crippen LogP contribution in [0.25, 0.3) is 0 Å². The average Bonchev–Trinajstić information content (AvgIpc) is 2.66. The monoisotopic (exact) mass is 407 g/mol. The number of halogens is 3. The number of benzene rings is 1. The number of hydrogen-bond acceptors (Lipinski definition) is 2. The van der Waals surface area contributed by atoms with Crippen LogP contribution in [0.4, 0.5) is 0 Å². The van der Waals surface area contributed by atoms with Crippen molar-refractivity contribution in [3.05, 3.63) is 53.6 Å². The highest BCUT2D eigenvalue weighted by atomic mass is 79.9. The van der Waals surface area contributed by atoms with Crippen molar-refractivity contribution in [3.8, 4) is 0 Å². The molecule has 0 saturated heterocycles. The van der Waals surface area contributed by atoms with Gasteiger partial charge in [0, 0.05) is 13.8 Å². The third-order valence-electron chi connectivity index (χ3n) is 2.77. The first-order valence-corrected chi connectivity index (χ1v) is 8.19. The lowest BCUT2D eigenvalue weighted by Gasteiger charge is -2.17. The Balaban J connectivity index is 2.48. The summed E-state index contributed by atoms with van der Waals surface area (Å²) in [5.41, 5.74) is 2.46. The molecule has 2 aromatic rings. The Hall–Kier alpha value is 0.130. The van der Waals surface area contributed by atoms with Gasteiger partial charge in [-0.05, 0) is 47.1 Å². The van der Waals surface area contributed by atoms with Crippen molar-refractivity contribution in [1.29, 1.82) is 0 Å². The van der Waals surface area contributed by atoms with Crippen LogP contribution in [-0.4, -0.2) is 7.05 Å². The summed E-state index contributed by atoms with van der Waals surface area (Å²) in [7, 11) is 1.96. The minimum absolute atomic E-state index is 0.146. The predicted molar refractivity (Wildman–Crippen MR) is 86.8 cm³/mol. The lowest BCUT2D eigenvalue weighted by molar-refractivity contribution is 0.700. The number of hydrogen-bond donors (Lipinski definition) is 1. The SMILES string of the molecule is CNC(c1cc(Br)c(Cl)s1)c1cccc(C)c1Br. The molecule has 0 bridgehead atoms. The fourth-order valence-corrected chi connectivity index (χ4v) is 4.21. The van der Waals surface area contributed by atoms with Crippen molar-refractivity contribution < 1.29 is 0 Å². The van der Waals surface area contributed by atoms with E-state index in [4.69, 9.17) is 11.6 Å². The van der Waals surface area contributed by atoms with E-state index >= 15 is 0 Å². The maximum absolute atomic E-state index is 6.12. The van der Waals surface area contributed by atoms with Crippen LogP contribution in [0, 0.1) is 6.92 Å². The Morgan fingerprint density at radius 2 is 2.06 bits per heavy atom. The largest absolute Gasteiger partial charge is 0.309 e. The van der Waals surface area contributed by atoms with Crippen LogP contribution in [0.1, 0.15) is 22.0 Å². The van der Waals surface area contributed by atoms with Crippen LogP contribution >= 0.6 is 54.8 Å². The molecular formula is C13H12Br2ClNS. The highest BCUT2D eigenvalue weighted by molar-refractivity contribution is 9.11. The standard InChI is InChI=1S/C13H12Br2ClNS/c1-7-4-3-5-8(11(7)15)12(17-2)10-6-9(14)13(16)18-10/h3-6,12,17H,1-2H3. The van der Waals surface area contributed by atoms with Gasteiger partial charge in [-0.2, -0.15) is 0 Å². The zero-order chi connectivity index (χ0) is 13.3. The lowest BCUT2D eigenvalue weighted by atomic mass is 10.0. The minimum Gasteiger partial charge on any atom is -0.309 e. The van der Waals surface area contributed by atoms with Crippen molar-refractivity contribution in [2.24, 2.45) is 0 Å². The Kier molecular flexibility index (Phi) is 4.89. The van der Waals surface area contributed by atoms with E-state index in [1.165, 1.54) is 16.0 Å². The molecule has 0 fully saturated rings. The Morgan fingerprint density at radius 3 is 2.61 bits per heavy atom. The quantitative estimate of drug-likeness (QED) is 0.701. The summed E-state index contributed by atoms with van der Waals surface area (Å²) < 4.78 is 2.88. The molecule has 1 unspecified atom stereocenters. The van der Waals surface area contributed by atoms with Crippen LogP contribution in [0.5, 0.6) is 0 Å². The summed E-state index contributed by atoms with van der Waals surface area (Å²) in [4.78, 5) is 1.20. The van der Waals surface area contributed by atoms with E-state index in [1.54, 1.807) is 11.3 Å². The molecule has 5 heteroatoms. The van der Waals surface area contributed by atoms with Crippen molar-refractivity contribution >= 4 is 54.8 Å². The first kappa shape index (κ1) is 14.5. The van der Waals surface area contributed by atoms with Crippen molar-refractivity contribution in [2.75, 3.05) is 7.05 Å². The van der Waals surface area contributed by atoms with E-state index in [1.807, 2.05) is 7.05 Å². The Bertz CT molecular complexity index is 549. The zero-order valence-electron chi connectivity index (χ0n) is 9.93. The van der Waals surface area contributed by atoms with E-state index in [0.717, 1.165) is 13.3 Å². The van der Waals surface area contributed by atoms with Gasteiger partial charge in [-0.15, -0.1) is 11.3 Å². The summed E-state index contributed by atoms with van der Waals surface area (Å²) in [6, 6.07) is 8.51. The van der Waals surface area contributed by atoms with Gasteiger partial charge in [0.1, 0.15) is 4.34 Å². The Labute approximate surface area is 133 Å². The molecule has 0 aliphatic carbocycles. The van der Waals surface area contributed by atoms with Gasteiger partial charge in [0.15, 0.2) is 0 Å². The molecule has 0 spiro atoms. The Morgan fingerprint density at radius 1 is 1.33 bits per heavy atom. The first-order chi connectivity index (χ1) is 8.54. The molecular weight excluding hydrogens is 397 g/mol. The molecule has 1 aromatic carbocycles. The predicted octanol–water partition coefficient (Wildman–Crippen LogP) is 5.54. The van der Waals surface area contributed by atoms with Crippen molar-refractivity contribution in [2.45, 2.75) is 13.0 Å². The normalized spacial score (nSPS) is 12.7. The number of thiophene rings is 1. The topological polar surface area (TPSA) is 12.0 Å². The van der Waals surface area contributed by atoms with Crippen molar-refractivity contribution in [1.82, 2.24) is 5.32 Å². The van der Waals surface area contributed by atoms with Gasteiger partial charge in [0.25, 0.3) is 0 Å². The fourth-order valence-electron chi connectivity index (χ4n) is 1.85. The van der Waals surface area contributed by atoms with Gasteiger partial charge in [-0.3, -0.25) is 0 Å². The fraction of sp³-hybridized carbons (Fsp3) is 0.231. The molecule has 1 aromatic heterocycles. The molecule has 1 N–H and O–H groups in total. The maximum atomic E-state index is 6.12. The molecule has 0 radical (unpaired) electrons. The van der Waals surface area contributed by atoms with Crippen LogP contribution < -0.4 is 5.32 Å².